The van der Waals surface area contributed by atoms with Gasteiger partial charge in [-0.2, -0.15) is 0 Å². The first-order chi connectivity index (χ1) is 8.28. The predicted octanol–water partition coefficient (Wildman–Crippen LogP) is 1.82. The summed E-state index contributed by atoms with van der Waals surface area (Å²) in [6.07, 6.45) is 1.61. The monoisotopic (exact) mass is 234 g/mol. The van der Waals surface area contributed by atoms with E-state index in [1.165, 1.54) is 0 Å². The second-order valence-electron chi connectivity index (χ2n) is 3.40. The third-order valence-corrected chi connectivity index (χ3v) is 2.39. The molecule has 2 aromatic rings. The maximum atomic E-state index is 5.49. The molecular formula is C12H14N2O3. The number of rotatable bonds is 4. The summed E-state index contributed by atoms with van der Waals surface area (Å²) >= 11 is 0. The van der Waals surface area contributed by atoms with E-state index in [4.69, 9.17) is 19.6 Å². The SMILES string of the molecule is COc1ccc(OC)c(-c2ncc(CN)o2)c1. The summed E-state index contributed by atoms with van der Waals surface area (Å²) in [6.45, 7) is 0.319. The Hall–Kier alpha value is -2.01. The van der Waals surface area contributed by atoms with Crippen LogP contribution in [0.1, 0.15) is 5.76 Å². The van der Waals surface area contributed by atoms with Crippen molar-refractivity contribution in [3.63, 3.8) is 0 Å². The van der Waals surface area contributed by atoms with Crippen LogP contribution in [0.3, 0.4) is 0 Å². The van der Waals surface area contributed by atoms with Crippen LogP contribution in [-0.4, -0.2) is 19.2 Å². The minimum absolute atomic E-state index is 0.319. The van der Waals surface area contributed by atoms with Gasteiger partial charge in [-0.05, 0) is 18.2 Å². The van der Waals surface area contributed by atoms with E-state index in [0.717, 1.165) is 5.56 Å². The fourth-order valence-electron chi connectivity index (χ4n) is 1.51. The van der Waals surface area contributed by atoms with E-state index in [-0.39, 0.29) is 0 Å². The van der Waals surface area contributed by atoms with E-state index in [9.17, 15) is 0 Å². The van der Waals surface area contributed by atoms with Crippen LogP contribution in [0.4, 0.5) is 0 Å². The van der Waals surface area contributed by atoms with Gasteiger partial charge < -0.3 is 19.6 Å². The van der Waals surface area contributed by atoms with Gasteiger partial charge in [-0.25, -0.2) is 4.98 Å². The van der Waals surface area contributed by atoms with Gasteiger partial charge in [-0.1, -0.05) is 0 Å². The molecule has 0 saturated carbocycles. The highest BCUT2D eigenvalue weighted by molar-refractivity contribution is 5.65. The molecule has 5 nitrogen and oxygen atoms in total. The second kappa shape index (κ2) is 4.88. The Morgan fingerprint density at radius 3 is 2.71 bits per heavy atom. The first-order valence-electron chi connectivity index (χ1n) is 5.15. The average Bonchev–Trinajstić information content (AvgIpc) is 2.86. The van der Waals surface area contributed by atoms with Crippen LogP contribution in [0, 0.1) is 0 Å². The Balaban J connectivity index is 2.47. The lowest BCUT2D eigenvalue weighted by molar-refractivity contribution is 0.402. The molecule has 90 valence electrons. The molecule has 1 heterocycles. The molecule has 0 fully saturated rings. The van der Waals surface area contributed by atoms with Gasteiger partial charge in [0.05, 0.1) is 32.5 Å². The van der Waals surface area contributed by atoms with Gasteiger partial charge >= 0.3 is 0 Å². The summed E-state index contributed by atoms with van der Waals surface area (Å²) in [7, 11) is 3.20. The van der Waals surface area contributed by atoms with Crippen LogP contribution < -0.4 is 15.2 Å². The second-order valence-corrected chi connectivity index (χ2v) is 3.40. The molecule has 0 aliphatic rings. The van der Waals surface area contributed by atoms with Crippen molar-refractivity contribution >= 4 is 0 Å². The smallest absolute Gasteiger partial charge is 0.230 e. The molecule has 1 aromatic heterocycles. The van der Waals surface area contributed by atoms with Crippen molar-refractivity contribution in [1.29, 1.82) is 0 Å². The minimum atomic E-state index is 0.319. The maximum absolute atomic E-state index is 5.49. The van der Waals surface area contributed by atoms with Crippen LogP contribution in [0.15, 0.2) is 28.8 Å². The number of benzene rings is 1. The minimum Gasteiger partial charge on any atom is -0.497 e. The maximum Gasteiger partial charge on any atom is 0.230 e. The zero-order chi connectivity index (χ0) is 12.3. The first-order valence-corrected chi connectivity index (χ1v) is 5.15. The summed E-state index contributed by atoms with van der Waals surface area (Å²) in [5.74, 6) is 2.50. The van der Waals surface area contributed by atoms with E-state index in [1.807, 2.05) is 12.1 Å². The molecule has 2 rings (SSSR count). The van der Waals surface area contributed by atoms with Gasteiger partial charge in [0, 0.05) is 0 Å². The highest BCUT2D eigenvalue weighted by atomic mass is 16.5. The summed E-state index contributed by atoms with van der Waals surface area (Å²) in [5, 5.41) is 0. The third kappa shape index (κ3) is 2.24. The molecule has 0 spiro atoms. The third-order valence-electron chi connectivity index (χ3n) is 2.39. The van der Waals surface area contributed by atoms with Crippen molar-refractivity contribution in [3.8, 4) is 23.0 Å². The van der Waals surface area contributed by atoms with Crippen LogP contribution in [0.5, 0.6) is 11.5 Å². The Labute approximate surface area is 99.2 Å². The molecule has 0 aliphatic heterocycles. The Morgan fingerprint density at radius 1 is 1.29 bits per heavy atom. The van der Waals surface area contributed by atoms with Gasteiger partial charge in [-0.15, -0.1) is 0 Å². The number of ether oxygens (including phenoxy) is 2. The predicted molar refractivity (Wildman–Crippen MR) is 62.9 cm³/mol. The summed E-state index contributed by atoms with van der Waals surface area (Å²) < 4.78 is 15.9. The van der Waals surface area contributed by atoms with E-state index >= 15 is 0 Å². The topological polar surface area (TPSA) is 70.5 Å². The molecule has 5 heteroatoms. The number of hydrogen-bond donors (Lipinski definition) is 1. The van der Waals surface area contributed by atoms with E-state index in [2.05, 4.69) is 4.98 Å². The standard InChI is InChI=1S/C12H14N2O3/c1-15-8-3-4-11(16-2)10(5-8)12-14-7-9(6-13)17-12/h3-5,7H,6,13H2,1-2H3. The molecule has 0 radical (unpaired) electrons. The lowest BCUT2D eigenvalue weighted by Gasteiger charge is -2.07. The number of hydrogen-bond acceptors (Lipinski definition) is 5. The van der Waals surface area contributed by atoms with E-state index in [1.54, 1.807) is 26.5 Å². The van der Waals surface area contributed by atoms with Crippen LogP contribution in [0.25, 0.3) is 11.5 Å². The van der Waals surface area contributed by atoms with Crippen LogP contribution >= 0.6 is 0 Å². The highest BCUT2D eigenvalue weighted by Crippen LogP contribution is 2.32. The Morgan fingerprint density at radius 2 is 2.12 bits per heavy atom. The quantitative estimate of drug-likeness (QED) is 0.873. The van der Waals surface area contributed by atoms with Crippen molar-refractivity contribution in [2.24, 2.45) is 5.73 Å². The fourth-order valence-corrected chi connectivity index (χ4v) is 1.51. The average molecular weight is 234 g/mol. The molecular weight excluding hydrogens is 220 g/mol. The van der Waals surface area contributed by atoms with Crippen LogP contribution in [-0.2, 0) is 6.54 Å². The van der Waals surface area contributed by atoms with Crippen molar-refractivity contribution in [2.75, 3.05) is 14.2 Å². The van der Waals surface area contributed by atoms with Crippen molar-refractivity contribution in [1.82, 2.24) is 4.98 Å². The van der Waals surface area contributed by atoms with E-state index in [0.29, 0.717) is 29.7 Å². The largest absolute Gasteiger partial charge is 0.497 e. The van der Waals surface area contributed by atoms with E-state index < -0.39 is 0 Å². The summed E-state index contributed by atoms with van der Waals surface area (Å²) in [5.41, 5.74) is 6.22. The zero-order valence-electron chi connectivity index (χ0n) is 9.77. The molecule has 1 aromatic carbocycles. The summed E-state index contributed by atoms with van der Waals surface area (Å²) in [4.78, 5) is 4.16. The van der Waals surface area contributed by atoms with Gasteiger partial charge in [0.1, 0.15) is 17.3 Å². The fraction of sp³-hybridized carbons (Fsp3) is 0.250. The molecule has 2 N–H and O–H groups in total. The molecule has 0 atom stereocenters. The molecule has 0 bridgehead atoms. The number of nitrogens with zero attached hydrogens (tertiary/aromatic N) is 1. The lowest BCUT2D eigenvalue weighted by Crippen LogP contribution is -1.93. The van der Waals surface area contributed by atoms with Gasteiger partial charge in [-0.3, -0.25) is 0 Å². The first kappa shape index (κ1) is 11.5. The molecule has 0 unspecified atom stereocenters. The molecule has 0 aliphatic carbocycles. The van der Waals surface area contributed by atoms with Gasteiger partial charge in [0.2, 0.25) is 5.89 Å². The summed E-state index contributed by atoms with van der Waals surface area (Å²) in [6, 6.07) is 5.43. The van der Waals surface area contributed by atoms with Crippen molar-refractivity contribution < 1.29 is 13.9 Å². The Bertz CT molecular complexity index is 508. The highest BCUT2D eigenvalue weighted by Gasteiger charge is 2.12. The normalized spacial score (nSPS) is 10.3. The molecule has 17 heavy (non-hydrogen) atoms. The van der Waals surface area contributed by atoms with Crippen molar-refractivity contribution in [3.05, 3.63) is 30.2 Å². The van der Waals surface area contributed by atoms with Gasteiger partial charge in [0.15, 0.2) is 0 Å². The van der Waals surface area contributed by atoms with Gasteiger partial charge in [0.25, 0.3) is 0 Å². The lowest BCUT2D eigenvalue weighted by atomic mass is 10.2. The molecule has 0 amide bonds. The molecule has 0 saturated heterocycles. The number of methoxy groups -OCH3 is 2. The number of oxazole rings is 1. The zero-order valence-corrected chi connectivity index (χ0v) is 9.77. The van der Waals surface area contributed by atoms with Crippen LogP contribution in [0.2, 0.25) is 0 Å². The Kier molecular flexibility index (Phi) is 3.30. The van der Waals surface area contributed by atoms with Crippen molar-refractivity contribution in [2.45, 2.75) is 6.54 Å². The number of nitrogens with two attached hydrogens (primary N) is 1. The number of aromatic nitrogens is 1.